The van der Waals surface area contributed by atoms with Gasteiger partial charge in [-0.1, -0.05) is 30.0 Å². The summed E-state index contributed by atoms with van der Waals surface area (Å²) in [7, 11) is 0. The topological polar surface area (TPSA) is 99.0 Å². The number of non-ortho nitro benzene ring substituents is 1. The second-order valence-corrected chi connectivity index (χ2v) is 6.80. The highest BCUT2D eigenvalue weighted by Gasteiger charge is 2.64. The fourth-order valence-corrected chi connectivity index (χ4v) is 3.51. The van der Waals surface area contributed by atoms with Gasteiger partial charge in [0.05, 0.1) is 24.2 Å². The molecular weight excluding hydrogens is 400 g/mol. The number of nitrogens with zero attached hydrogens (tertiary/aromatic N) is 2. The lowest BCUT2D eigenvalue weighted by molar-refractivity contribution is -0.384. The van der Waals surface area contributed by atoms with Gasteiger partial charge in [0.1, 0.15) is 0 Å². The highest BCUT2D eigenvalue weighted by Crippen LogP contribution is 2.43. The van der Waals surface area contributed by atoms with Gasteiger partial charge in [0.2, 0.25) is 5.54 Å². The van der Waals surface area contributed by atoms with Crippen molar-refractivity contribution in [3.8, 4) is 11.8 Å². The molecule has 1 saturated heterocycles. The molecule has 0 bridgehead atoms. The Kier molecular flexibility index (Phi) is 6.55. The summed E-state index contributed by atoms with van der Waals surface area (Å²) in [5, 5.41) is 11.0. The van der Waals surface area contributed by atoms with Crippen molar-refractivity contribution in [2.75, 3.05) is 18.1 Å². The first-order valence-electron chi connectivity index (χ1n) is 9.88. The molecule has 8 nitrogen and oxygen atoms in total. The molecule has 2 aromatic rings. The van der Waals surface area contributed by atoms with Crippen molar-refractivity contribution in [1.82, 2.24) is 0 Å². The third-order valence-electron chi connectivity index (χ3n) is 4.93. The van der Waals surface area contributed by atoms with E-state index >= 15 is 0 Å². The predicted molar refractivity (Wildman–Crippen MR) is 113 cm³/mol. The molecule has 1 heterocycles. The van der Waals surface area contributed by atoms with Gasteiger partial charge in [-0.15, -0.1) is 0 Å². The number of carbonyl (C=O) groups is 2. The molecule has 31 heavy (non-hydrogen) atoms. The molecule has 3 rings (SSSR count). The largest absolute Gasteiger partial charge is 0.464 e. The summed E-state index contributed by atoms with van der Waals surface area (Å²) in [6.45, 7) is 3.49. The van der Waals surface area contributed by atoms with Gasteiger partial charge in [-0.25, -0.2) is 9.59 Å². The van der Waals surface area contributed by atoms with E-state index in [0.717, 1.165) is 5.56 Å². The maximum absolute atomic E-state index is 12.9. The van der Waals surface area contributed by atoms with Crippen LogP contribution in [0.3, 0.4) is 0 Å². The van der Waals surface area contributed by atoms with E-state index in [1.54, 1.807) is 13.8 Å². The summed E-state index contributed by atoms with van der Waals surface area (Å²) >= 11 is 0. The number of carbonyl (C=O) groups excluding carboxylic acids is 2. The molecule has 0 saturated carbocycles. The molecule has 1 atom stereocenters. The Bertz CT molecular complexity index is 1010. The number of nitro benzene ring substituents is 1. The molecule has 1 aliphatic rings. The molecule has 0 aromatic heterocycles. The number of anilines is 1. The molecule has 0 N–H and O–H groups in total. The van der Waals surface area contributed by atoms with Crippen LogP contribution in [0.4, 0.5) is 11.4 Å². The van der Waals surface area contributed by atoms with Crippen LogP contribution in [0.1, 0.15) is 25.8 Å². The van der Waals surface area contributed by atoms with Crippen molar-refractivity contribution in [1.29, 1.82) is 0 Å². The molecule has 0 aliphatic carbocycles. The maximum atomic E-state index is 12.9. The van der Waals surface area contributed by atoms with Gasteiger partial charge in [-0.05, 0) is 38.1 Å². The standard InChI is InChI=1S/C23H22N2O6/c1-3-30-21(26)23(22(27)31-4-2)16-20(11-10-17-8-6-5-7-9-17)24(23)18-12-14-19(15-13-18)25(28)29/h5-9,12-15,20H,3-4,16H2,1-2H3. The van der Waals surface area contributed by atoms with Gasteiger partial charge in [-0.2, -0.15) is 0 Å². The summed E-state index contributed by atoms with van der Waals surface area (Å²) in [5.41, 5.74) is -0.576. The normalized spacial score (nSPS) is 16.3. The zero-order valence-electron chi connectivity index (χ0n) is 17.2. The Labute approximate surface area is 179 Å². The van der Waals surface area contributed by atoms with Crippen LogP contribution in [-0.4, -0.2) is 41.7 Å². The molecular formula is C23H22N2O6. The molecule has 0 amide bonds. The van der Waals surface area contributed by atoms with Crippen molar-refractivity contribution in [3.63, 3.8) is 0 Å². The van der Waals surface area contributed by atoms with Crippen LogP contribution in [0, 0.1) is 22.0 Å². The fraction of sp³-hybridized carbons (Fsp3) is 0.304. The second kappa shape index (κ2) is 9.30. The highest BCUT2D eigenvalue weighted by molar-refractivity contribution is 6.11. The average Bonchev–Trinajstić information content (AvgIpc) is 2.74. The third-order valence-corrected chi connectivity index (χ3v) is 4.93. The zero-order chi connectivity index (χ0) is 22.4. The third kappa shape index (κ3) is 4.21. The minimum Gasteiger partial charge on any atom is -0.464 e. The first-order chi connectivity index (χ1) is 14.9. The fourth-order valence-electron chi connectivity index (χ4n) is 3.51. The van der Waals surface area contributed by atoms with Gasteiger partial charge in [0.25, 0.3) is 5.69 Å². The smallest absolute Gasteiger partial charge is 0.343 e. The van der Waals surface area contributed by atoms with E-state index in [-0.39, 0.29) is 25.3 Å². The van der Waals surface area contributed by atoms with Gasteiger partial charge in [0.15, 0.2) is 0 Å². The van der Waals surface area contributed by atoms with E-state index in [0.29, 0.717) is 5.69 Å². The van der Waals surface area contributed by atoms with Gasteiger partial charge in [0, 0.05) is 29.8 Å². The Balaban J connectivity index is 2.05. The summed E-state index contributed by atoms with van der Waals surface area (Å²) < 4.78 is 10.4. The molecule has 8 heteroatoms. The lowest BCUT2D eigenvalue weighted by Gasteiger charge is -2.53. The first-order valence-corrected chi connectivity index (χ1v) is 9.88. The van der Waals surface area contributed by atoms with Crippen LogP contribution in [0.5, 0.6) is 0 Å². The van der Waals surface area contributed by atoms with E-state index in [2.05, 4.69) is 11.8 Å². The van der Waals surface area contributed by atoms with Crippen molar-refractivity contribution in [2.45, 2.75) is 31.8 Å². The van der Waals surface area contributed by atoms with Crippen LogP contribution in [0.2, 0.25) is 0 Å². The van der Waals surface area contributed by atoms with Gasteiger partial charge >= 0.3 is 11.9 Å². The Morgan fingerprint density at radius 1 is 1.06 bits per heavy atom. The maximum Gasteiger partial charge on any atom is 0.343 e. The molecule has 1 unspecified atom stereocenters. The highest BCUT2D eigenvalue weighted by atomic mass is 16.6. The Hall–Kier alpha value is -3.86. The summed E-state index contributed by atoms with van der Waals surface area (Å²) in [6, 6.07) is 14.4. The number of benzene rings is 2. The number of ether oxygens (including phenoxy) is 2. The molecule has 0 spiro atoms. The predicted octanol–water partition coefficient (Wildman–Crippen LogP) is 3.09. The molecule has 160 valence electrons. The van der Waals surface area contributed by atoms with Crippen LogP contribution in [0.25, 0.3) is 0 Å². The van der Waals surface area contributed by atoms with E-state index in [1.807, 2.05) is 30.3 Å². The number of nitro groups is 1. The van der Waals surface area contributed by atoms with Gasteiger partial charge in [-0.3, -0.25) is 10.1 Å². The molecule has 1 aliphatic heterocycles. The van der Waals surface area contributed by atoms with Crippen LogP contribution >= 0.6 is 0 Å². The zero-order valence-corrected chi connectivity index (χ0v) is 17.2. The summed E-state index contributed by atoms with van der Waals surface area (Å²) in [6.07, 6.45) is 0.0848. The average molecular weight is 422 g/mol. The molecule has 1 fully saturated rings. The summed E-state index contributed by atoms with van der Waals surface area (Å²) in [4.78, 5) is 37.9. The van der Waals surface area contributed by atoms with E-state index in [4.69, 9.17) is 9.47 Å². The SMILES string of the molecule is CCOC(=O)C1(C(=O)OCC)CC(C#Cc2ccccc2)N1c1ccc([N+](=O)[O-])cc1. The van der Waals surface area contributed by atoms with Crippen molar-refractivity contribution in [2.24, 2.45) is 0 Å². The molecule has 2 aromatic carbocycles. The van der Waals surface area contributed by atoms with Crippen molar-refractivity contribution in [3.05, 3.63) is 70.3 Å². The summed E-state index contributed by atoms with van der Waals surface area (Å²) in [5.74, 6) is 4.68. The van der Waals surface area contributed by atoms with E-state index in [1.165, 1.54) is 29.2 Å². The minimum atomic E-state index is -1.70. The Morgan fingerprint density at radius 2 is 1.65 bits per heavy atom. The van der Waals surface area contributed by atoms with E-state index in [9.17, 15) is 19.7 Å². The lowest BCUT2D eigenvalue weighted by atomic mass is 9.77. The van der Waals surface area contributed by atoms with Gasteiger partial charge < -0.3 is 14.4 Å². The van der Waals surface area contributed by atoms with Crippen LogP contribution < -0.4 is 4.90 Å². The Morgan fingerprint density at radius 3 is 2.16 bits per heavy atom. The van der Waals surface area contributed by atoms with Crippen LogP contribution in [0.15, 0.2) is 54.6 Å². The minimum absolute atomic E-state index is 0.0848. The number of hydrogen-bond acceptors (Lipinski definition) is 7. The van der Waals surface area contributed by atoms with Crippen molar-refractivity contribution >= 4 is 23.3 Å². The molecule has 0 radical (unpaired) electrons. The number of esters is 2. The first kappa shape index (κ1) is 21.8. The lowest BCUT2D eigenvalue weighted by Crippen LogP contribution is -2.74. The van der Waals surface area contributed by atoms with Crippen LogP contribution in [-0.2, 0) is 19.1 Å². The van der Waals surface area contributed by atoms with Crippen molar-refractivity contribution < 1.29 is 24.0 Å². The monoisotopic (exact) mass is 422 g/mol. The number of rotatable bonds is 6. The quantitative estimate of drug-likeness (QED) is 0.232. The second-order valence-electron chi connectivity index (χ2n) is 6.80. The van der Waals surface area contributed by atoms with E-state index < -0.39 is 28.4 Å². The number of hydrogen-bond donors (Lipinski definition) is 0.